The van der Waals surface area contributed by atoms with Crippen LogP contribution >= 0.6 is 0 Å². The molecule has 1 saturated carbocycles. The second kappa shape index (κ2) is 6.59. The Morgan fingerprint density at radius 2 is 1.94 bits per heavy atom. The van der Waals surface area contributed by atoms with Gasteiger partial charge in [-0.1, -0.05) is 19.3 Å². The van der Waals surface area contributed by atoms with E-state index in [9.17, 15) is 9.59 Å². The quantitative estimate of drug-likeness (QED) is 0.696. The fourth-order valence-corrected chi connectivity index (χ4v) is 2.22. The minimum atomic E-state index is -0.340. The Labute approximate surface area is 102 Å². The molecule has 1 aliphatic carbocycles. The average molecular weight is 242 g/mol. The van der Waals surface area contributed by atoms with Gasteiger partial charge in [-0.05, 0) is 12.8 Å². The van der Waals surface area contributed by atoms with Crippen molar-refractivity contribution in [1.82, 2.24) is 5.32 Å². The van der Waals surface area contributed by atoms with Gasteiger partial charge in [-0.15, -0.1) is 0 Å². The average Bonchev–Trinajstić information content (AvgIpc) is 2.29. The van der Waals surface area contributed by atoms with E-state index < -0.39 is 0 Å². The maximum atomic E-state index is 11.6. The summed E-state index contributed by atoms with van der Waals surface area (Å²) in [5, 5.41) is 2.70. The Bertz CT molecular complexity index is 273. The van der Waals surface area contributed by atoms with Crippen molar-refractivity contribution in [2.75, 3.05) is 13.7 Å². The predicted molar refractivity (Wildman–Crippen MR) is 64.3 cm³/mol. The highest BCUT2D eigenvalue weighted by Gasteiger charge is 2.29. The lowest BCUT2D eigenvalue weighted by Gasteiger charge is -2.32. The standard InChI is InChI=1S/C12H22N2O3/c1-17-11(16)5-8-14-10(15)9-12(13)6-3-2-4-7-12/h2-9,13H2,1H3,(H,14,15). The van der Waals surface area contributed by atoms with Crippen LogP contribution in [0.25, 0.3) is 0 Å². The van der Waals surface area contributed by atoms with E-state index in [4.69, 9.17) is 5.73 Å². The third kappa shape index (κ3) is 5.17. The number of amides is 1. The van der Waals surface area contributed by atoms with Crippen molar-refractivity contribution in [3.63, 3.8) is 0 Å². The fraction of sp³-hybridized carbons (Fsp3) is 0.833. The normalized spacial score (nSPS) is 18.5. The molecule has 1 aliphatic rings. The molecule has 0 saturated heterocycles. The first-order valence-electron chi connectivity index (χ1n) is 6.18. The molecule has 0 atom stereocenters. The number of esters is 1. The van der Waals surface area contributed by atoms with Gasteiger partial charge < -0.3 is 15.8 Å². The van der Waals surface area contributed by atoms with E-state index in [1.807, 2.05) is 0 Å². The van der Waals surface area contributed by atoms with E-state index in [0.717, 1.165) is 25.7 Å². The van der Waals surface area contributed by atoms with E-state index >= 15 is 0 Å². The van der Waals surface area contributed by atoms with Crippen molar-refractivity contribution in [3.05, 3.63) is 0 Å². The first-order chi connectivity index (χ1) is 8.06. The number of carbonyl (C=O) groups excluding carboxylic acids is 2. The van der Waals surface area contributed by atoms with E-state index in [0.29, 0.717) is 13.0 Å². The second-order valence-corrected chi connectivity index (χ2v) is 4.78. The SMILES string of the molecule is COC(=O)CCNC(=O)CC1(N)CCCCC1. The Hall–Kier alpha value is -1.10. The van der Waals surface area contributed by atoms with Gasteiger partial charge in [0.1, 0.15) is 0 Å². The van der Waals surface area contributed by atoms with E-state index in [1.165, 1.54) is 13.5 Å². The lowest BCUT2D eigenvalue weighted by atomic mass is 9.80. The number of nitrogens with two attached hydrogens (primary N) is 1. The van der Waals surface area contributed by atoms with E-state index in [-0.39, 0.29) is 23.8 Å². The monoisotopic (exact) mass is 242 g/mol. The van der Waals surface area contributed by atoms with Crippen molar-refractivity contribution in [1.29, 1.82) is 0 Å². The number of carbonyl (C=O) groups is 2. The van der Waals surface area contributed by atoms with Gasteiger partial charge in [0.2, 0.25) is 5.91 Å². The van der Waals surface area contributed by atoms with Crippen molar-refractivity contribution in [2.24, 2.45) is 5.73 Å². The van der Waals surface area contributed by atoms with Gasteiger partial charge in [0.05, 0.1) is 13.5 Å². The molecule has 5 heteroatoms. The Kier molecular flexibility index (Phi) is 5.41. The molecule has 0 heterocycles. The summed E-state index contributed by atoms with van der Waals surface area (Å²) < 4.78 is 4.49. The van der Waals surface area contributed by atoms with Gasteiger partial charge in [-0.25, -0.2) is 0 Å². The van der Waals surface area contributed by atoms with Crippen LogP contribution in [-0.2, 0) is 14.3 Å². The molecule has 0 unspecified atom stereocenters. The zero-order valence-electron chi connectivity index (χ0n) is 10.5. The van der Waals surface area contributed by atoms with Crippen LogP contribution in [0.5, 0.6) is 0 Å². The fourth-order valence-electron chi connectivity index (χ4n) is 2.22. The van der Waals surface area contributed by atoms with Crippen LogP contribution in [0.15, 0.2) is 0 Å². The van der Waals surface area contributed by atoms with Crippen LogP contribution in [0.1, 0.15) is 44.9 Å². The van der Waals surface area contributed by atoms with Crippen LogP contribution in [0, 0.1) is 0 Å². The van der Waals surface area contributed by atoms with Crippen molar-refractivity contribution < 1.29 is 14.3 Å². The molecule has 3 N–H and O–H groups in total. The van der Waals surface area contributed by atoms with Gasteiger partial charge in [0, 0.05) is 18.5 Å². The Morgan fingerprint density at radius 3 is 2.53 bits per heavy atom. The molecule has 0 aliphatic heterocycles. The van der Waals surface area contributed by atoms with Gasteiger partial charge in [0.25, 0.3) is 0 Å². The summed E-state index contributed by atoms with van der Waals surface area (Å²) in [7, 11) is 1.33. The number of methoxy groups -OCH3 is 1. The zero-order chi connectivity index (χ0) is 12.7. The molecule has 5 nitrogen and oxygen atoms in total. The summed E-state index contributed by atoms with van der Waals surface area (Å²) in [5.74, 6) is -0.385. The first-order valence-corrected chi connectivity index (χ1v) is 6.18. The number of hydrogen-bond donors (Lipinski definition) is 2. The lowest BCUT2D eigenvalue weighted by Crippen LogP contribution is -2.46. The zero-order valence-corrected chi connectivity index (χ0v) is 10.5. The molecular formula is C12H22N2O3. The van der Waals surface area contributed by atoms with Crippen molar-refractivity contribution in [2.45, 2.75) is 50.5 Å². The highest BCUT2D eigenvalue weighted by molar-refractivity contribution is 5.78. The molecule has 0 aromatic heterocycles. The molecule has 1 fully saturated rings. The molecule has 0 spiro atoms. The molecule has 98 valence electrons. The maximum Gasteiger partial charge on any atom is 0.307 e. The molecule has 0 aromatic rings. The Morgan fingerprint density at radius 1 is 1.29 bits per heavy atom. The number of rotatable bonds is 5. The van der Waals surface area contributed by atoms with E-state index in [2.05, 4.69) is 10.1 Å². The molecule has 0 aromatic carbocycles. The maximum absolute atomic E-state index is 11.6. The Balaban J connectivity index is 2.22. The van der Waals surface area contributed by atoms with Crippen LogP contribution in [0.2, 0.25) is 0 Å². The molecule has 0 bridgehead atoms. The third-order valence-corrected chi connectivity index (χ3v) is 3.24. The minimum Gasteiger partial charge on any atom is -0.469 e. The second-order valence-electron chi connectivity index (χ2n) is 4.78. The van der Waals surface area contributed by atoms with Gasteiger partial charge in [-0.2, -0.15) is 0 Å². The summed E-state index contributed by atoms with van der Waals surface area (Å²) in [6.07, 6.45) is 5.81. The topological polar surface area (TPSA) is 81.4 Å². The summed E-state index contributed by atoms with van der Waals surface area (Å²) >= 11 is 0. The smallest absolute Gasteiger partial charge is 0.307 e. The van der Waals surface area contributed by atoms with Gasteiger partial charge in [0.15, 0.2) is 0 Å². The number of nitrogens with one attached hydrogen (secondary N) is 1. The summed E-state index contributed by atoms with van der Waals surface area (Å²) in [6.45, 7) is 0.321. The molecule has 1 rings (SSSR count). The molecule has 17 heavy (non-hydrogen) atoms. The van der Waals surface area contributed by atoms with Crippen LogP contribution < -0.4 is 11.1 Å². The predicted octanol–water partition coefficient (Wildman–Crippen LogP) is 0.717. The highest BCUT2D eigenvalue weighted by atomic mass is 16.5. The van der Waals surface area contributed by atoms with Crippen molar-refractivity contribution >= 4 is 11.9 Å². The van der Waals surface area contributed by atoms with Gasteiger partial charge >= 0.3 is 5.97 Å². The largest absolute Gasteiger partial charge is 0.469 e. The first kappa shape index (κ1) is 14.0. The van der Waals surface area contributed by atoms with Crippen LogP contribution in [0.3, 0.4) is 0 Å². The van der Waals surface area contributed by atoms with Crippen LogP contribution in [-0.4, -0.2) is 31.1 Å². The van der Waals surface area contributed by atoms with E-state index in [1.54, 1.807) is 0 Å². The number of hydrogen-bond acceptors (Lipinski definition) is 4. The van der Waals surface area contributed by atoms with Crippen molar-refractivity contribution in [3.8, 4) is 0 Å². The van der Waals surface area contributed by atoms with Gasteiger partial charge in [-0.3, -0.25) is 9.59 Å². The minimum absolute atomic E-state index is 0.0710. The number of ether oxygens (including phenoxy) is 1. The highest BCUT2D eigenvalue weighted by Crippen LogP contribution is 2.28. The summed E-state index contributed by atoms with van der Waals surface area (Å²) in [6, 6.07) is 0. The van der Waals surface area contributed by atoms with Crippen LogP contribution in [0.4, 0.5) is 0 Å². The summed E-state index contributed by atoms with van der Waals surface area (Å²) in [4.78, 5) is 22.5. The summed E-state index contributed by atoms with van der Waals surface area (Å²) in [5.41, 5.74) is 5.83. The lowest BCUT2D eigenvalue weighted by molar-refractivity contribution is -0.140. The molecule has 1 amide bonds. The molecule has 0 radical (unpaired) electrons. The molecular weight excluding hydrogens is 220 g/mol. The third-order valence-electron chi connectivity index (χ3n) is 3.24.